The second kappa shape index (κ2) is 9.15. The van der Waals surface area contributed by atoms with Crippen molar-refractivity contribution in [1.29, 1.82) is 0 Å². The van der Waals surface area contributed by atoms with Crippen LogP contribution in [0.15, 0.2) is 53.4 Å². The first-order valence-electron chi connectivity index (χ1n) is 9.23. The van der Waals surface area contributed by atoms with Crippen molar-refractivity contribution in [2.45, 2.75) is 44.4 Å². The molecule has 1 N–H and O–H groups in total. The summed E-state index contributed by atoms with van der Waals surface area (Å²) in [5.41, 5.74) is 2.18. The molecule has 2 aromatic rings. The standard InChI is InChI=1S/C21H28N2O3S/c1-5-6-14-23(4)27(25,26)20-9-7-8-18(15-20)21(24)22-19-12-10-17(11-13-19)16(2)3/h7-13,15-16H,5-6,14H2,1-4H3,(H,22,24). The summed E-state index contributed by atoms with van der Waals surface area (Å²) in [5.74, 6) is 0.0851. The third kappa shape index (κ3) is 5.40. The summed E-state index contributed by atoms with van der Waals surface area (Å²) in [6.45, 7) is 6.69. The van der Waals surface area contributed by atoms with Crippen LogP contribution in [0.25, 0.3) is 0 Å². The molecular weight excluding hydrogens is 360 g/mol. The number of sulfonamides is 1. The third-order valence-electron chi connectivity index (χ3n) is 4.47. The highest BCUT2D eigenvalue weighted by atomic mass is 32.2. The van der Waals surface area contributed by atoms with Crippen molar-refractivity contribution in [3.63, 3.8) is 0 Å². The van der Waals surface area contributed by atoms with Gasteiger partial charge in [-0.2, -0.15) is 0 Å². The molecule has 0 radical (unpaired) electrons. The van der Waals surface area contributed by atoms with E-state index in [1.807, 2.05) is 31.2 Å². The van der Waals surface area contributed by atoms with Gasteiger partial charge in [0, 0.05) is 24.8 Å². The minimum Gasteiger partial charge on any atom is -0.322 e. The molecular formula is C21H28N2O3S. The highest BCUT2D eigenvalue weighted by Crippen LogP contribution is 2.20. The van der Waals surface area contributed by atoms with Crippen molar-refractivity contribution < 1.29 is 13.2 Å². The normalized spacial score (nSPS) is 11.8. The molecule has 0 aliphatic rings. The van der Waals surface area contributed by atoms with E-state index < -0.39 is 10.0 Å². The Hall–Kier alpha value is -2.18. The molecule has 0 aliphatic heterocycles. The molecule has 0 saturated carbocycles. The lowest BCUT2D eigenvalue weighted by Crippen LogP contribution is -2.28. The van der Waals surface area contributed by atoms with Crippen LogP contribution in [0.4, 0.5) is 5.69 Å². The summed E-state index contributed by atoms with van der Waals surface area (Å²) >= 11 is 0. The smallest absolute Gasteiger partial charge is 0.255 e. The SMILES string of the molecule is CCCCN(C)S(=O)(=O)c1cccc(C(=O)Nc2ccc(C(C)C)cc2)c1. The number of unbranched alkanes of at least 4 members (excludes halogenated alkanes) is 1. The number of nitrogens with zero attached hydrogens (tertiary/aromatic N) is 1. The van der Waals surface area contributed by atoms with Crippen LogP contribution in [0.1, 0.15) is 55.5 Å². The molecule has 0 heterocycles. The zero-order valence-corrected chi connectivity index (χ0v) is 17.2. The quantitative estimate of drug-likeness (QED) is 0.725. The fourth-order valence-electron chi connectivity index (χ4n) is 2.63. The van der Waals surface area contributed by atoms with Crippen molar-refractivity contribution >= 4 is 21.6 Å². The van der Waals surface area contributed by atoms with Crippen molar-refractivity contribution in [1.82, 2.24) is 4.31 Å². The van der Waals surface area contributed by atoms with Crippen molar-refractivity contribution in [2.24, 2.45) is 0 Å². The number of carbonyl (C=O) groups excluding carboxylic acids is 1. The second-order valence-corrected chi connectivity index (χ2v) is 8.98. The predicted molar refractivity (Wildman–Crippen MR) is 110 cm³/mol. The maximum absolute atomic E-state index is 12.7. The van der Waals surface area contributed by atoms with Gasteiger partial charge in [-0.05, 0) is 48.2 Å². The number of hydrogen-bond acceptors (Lipinski definition) is 3. The highest BCUT2D eigenvalue weighted by Gasteiger charge is 2.21. The second-order valence-electron chi connectivity index (χ2n) is 6.94. The van der Waals surface area contributed by atoms with Crippen LogP contribution in [0.3, 0.4) is 0 Å². The number of amides is 1. The molecule has 0 saturated heterocycles. The van der Waals surface area contributed by atoms with Gasteiger partial charge in [0.15, 0.2) is 0 Å². The van der Waals surface area contributed by atoms with E-state index >= 15 is 0 Å². The monoisotopic (exact) mass is 388 g/mol. The van der Waals surface area contributed by atoms with E-state index in [4.69, 9.17) is 0 Å². The Morgan fingerprint density at radius 2 is 1.78 bits per heavy atom. The molecule has 27 heavy (non-hydrogen) atoms. The van der Waals surface area contributed by atoms with Gasteiger partial charge in [0.2, 0.25) is 10.0 Å². The van der Waals surface area contributed by atoms with E-state index in [-0.39, 0.29) is 10.8 Å². The Morgan fingerprint density at radius 1 is 1.11 bits per heavy atom. The Morgan fingerprint density at radius 3 is 2.37 bits per heavy atom. The molecule has 5 nitrogen and oxygen atoms in total. The van der Waals surface area contributed by atoms with Gasteiger partial charge in [-0.1, -0.05) is 45.4 Å². The molecule has 1 amide bonds. The average molecular weight is 389 g/mol. The largest absolute Gasteiger partial charge is 0.322 e. The van der Waals surface area contributed by atoms with Crippen LogP contribution in [0.2, 0.25) is 0 Å². The van der Waals surface area contributed by atoms with Crippen molar-refractivity contribution in [3.8, 4) is 0 Å². The lowest BCUT2D eigenvalue weighted by Gasteiger charge is -2.17. The van der Waals surface area contributed by atoms with Gasteiger partial charge in [0.1, 0.15) is 0 Å². The Labute approximate surface area is 162 Å². The maximum Gasteiger partial charge on any atom is 0.255 e. The molecule has 0 spiro atoms. The van der Waals surface area contributed by atoms with Gasteiger partial charge in [-0.25, -0.2) is 12.7 Å². The van der Waals surface area contributed by atoms with E-state index in [1.165, 1.54) is 22.0 Å². The third-order valence-corrected chi connectivity index (χ3v) is 6.32. The fourth-order valence-corrected chi connectivity index (χ4v) is 3.89. The van der Waals surface area contributed by atoms with Gasteiger partial charge in [0.25, 0.3) is 5.91 Å². The van der Waals surface area contributed by atoms with Gasteiger partial charge in [-0.3, -0.25) is 4.79 Å². The van der Waals surface area contributed by atoms with Gasteiger partial charge < -0.3 is 5.32 Å². The fraction of sp³-hybridized carbons (Fsp3) is 0.381. The van der Waals surface area contributed by atoms with E-state index in [2.05, 4.69) is 19.2 Å². The van der Waals surface area contributed by atoms with Gasteiger partial charge in [-0.15, -0.1) is 0 Å². The summed E-state index contributed by atoms with van der Waals surface area (Å²) in [6.07, 6.45) is 1.71. The summed E-state index contributed by atoms with van der Waals surface area (Å²) in [5, 5.41) is 2.82. The topological polar surface area (TPSA) is 66.5 Å². The Bertz CT molecular complexity index is 875. The van der Waals surface area contributed by atoms with Crippen LogP contribution in [-0.4, -0.2) is 32.2 Å². The first kappa shape index (κ1) is 21.1. The van der Waals surface area contributed by atoms with Crippen LogP contribution in [0, 0.1) is 0 Å². The van der Waals surface area contributed by atoms with Crippen molar-refractivity contribution in [3.05, 3.63) is 59.7 Å². The maximum atomic E-state index is 12.7. The number of anilines is 1. The summed E-state index contributed by atoms with van der Waals surface area (Å²) < 4.78 is 26.7. The minimum absolute atomic E-state index is 0.129. The number of benzene rings is 2. The molecule has 0 unspecified atom stereocenters. The molecule has 0 fully saturated rings. The minimum atomic E-state index is -3.60. The Balaban J connectivity index is 2.17. The van der Waals surface area contributed by atoms with Crippen molar-refractivity contribution in [2.75, 3.05) is 18.9 Å². The van der Waals surface area contributed by atoms with Crippen LogP contribution in [-0.2, 0) is 10.0 Å². The van der Waals surface area contributed by atoms with Crippen LogP contribution < -0.4 is 5.32 Å². The summed E-state index contributed by atoms with van der Waals surface area (Å²) in [4.78, 5) is 12.7. The molecule has 2 rings (SSSR count). The molecule has 2 aromatic carbocycles. The lowest BCUT2D eigenvalue weighted by atomic mass is 10.0. The number of rotatable bonds is 8. The first-order valence-corrected chi connectivity index (χ1v) is 10.7. The number of carbonyl (C=O) groups is 1. The molecule has 146 valence electrons. The van der Waals surface area contributed by atoms with Gasteiger partial charge >= 0.3 is 0 Å². The van der Waals surface area contributed by atoms with Gasteiger partial charge in [0.05, 0.1) is 4.90 Å². The van der Waals surface area contributed by atoms with E-state index in [1.54, 1.807) is 19.2 Å². The molecule has 0 atom stereocenters. The predicted octanol–water partition coefficient (Wildman–Crippen LogP) is 4.48. The molecule has 0 aliphatic carbocycles. The van der Waals surface area contributed by atoms with Crippen LogP contribution >= 0.6 is 0 Å². The first-order chi connectivity index (χ1) is 12.8. The van der Waals surface area contributed by atoms with E-state index in [0.717, 1.165) is 12.8 Å². The molecule has 0 aromatic heterocycles. The van der Waals surface area contributed by atoms with Crippen LogP contribution in [0.5, 0.6) is 0 Å². The summed E-state index contributed by atoms with van der Waals surface area (Å²) in [6, 6.07) is 13.8. The Kier molecular flexibility index (Phi) is 7.16. The number of hydrogen-bond donors (Lipinski definition) is 1. The zero-order chi connectivity index (χ0) is 20.0. The lowest BCUT2D eigenvalue weighted by molar-refractivity contribution is 0.102. The van der Waals surface area contributed by atoms with E-state index in [9.17, 15) is 13.2 Å². The summed E-state index contributed by atoms with van der Waals surface area (Å²) in [7, 11) is -2.04. The molecule has 6 heteroatoms. The van der Waals surface area contributed by atoms with E-state index in [0.29, 0.717) is 23.7 Å². The highest BCUT2D eigenvalue weighted by molar-refractivity contribution is 7.89. The number of nitrogens with one attached hydrogen (secondary N) is 1. The average Bonchev–Trinajstić information content (AvgIpc) is 2.66. The molecule has 0 bridgehead atoms. The zero-order valence-electron chi connectivity index (χ0n) is 16.4.